The Bertz CT molecular complexity index is 789. The first-order valence-corrected chi connectivity index (χ1v) is 6.97. The lowest BCUT2D eigenvalue weighted by atomic mass is 10.2. The van der Waals surface area contributed by atoms with Crippen molar-refractivity contribution in [3.8, 4) is 0 Å². The van der Waals surface area contributed by atoms with Gasteiger partial charge in [-0.25, -0.2) is 4.98 Å². The smallest absolute Gasteiger partial charge is 0.358 e. The van der Waals surface area contributed by atoms with Crippen molar-refractivity contribution in [1.29, 1.82) is 0 Å². The molecule has 2 aromatic heterocycles. The lowest BCUT2D eigenvalue weighted by Crippen LogP contribution is -2.14. The largest absolute Gasteiger partial charge is 0.406 e. The molecule has 0 unspecified atom stereocenters. The maximum Gasteiger partial charge on any atom is 0.406 e. The molecule has 2 N–H and O–H groups in total. The van der Waals surface area contributed by atoms with Gasteiger partial charge in [-0.1, -0.05) is 19.1 Å². The molecule has 0 bridgehead atoms. The van der Waals surface area contributed by atoms with E-state index < -0.39 is 4.92 Å². The Labute approximate surface area is 126 Å². The van der Waals surface area contributed by atoms with Gasteiger partial charge in [-0.05, 0) is 28.5 Å². The van der Waals surface area contributed by atoms with E-state index in [0.29, 0.717) is 5.82 Å². The minimum atomic E-state index is -0.492. The Morgan fingerprint density at radius 2 is 2.23 bits per heavy atom. The Kier molecular flexibility index (Phi) is 3.50. The van der Waals surface area contributed by atoms with E-state index >= 15 is 0 Å². The van der Waals surface area contributed by atoms with Crippen LogP contribution in [0.1, 0.15) is 25.2 Å². The SMILES string of the molecule is CC[C@H](Nc1c([N+](=O)[O-])ncn1C)c1nc2ccccc2[nH]1. The number of nitrogens with zero attached hydrogens (tertiary/aromatic N) is 4. The fourth-order valence-corrected chi connectivity index (χ4v) is 2.38. The number of anilines is 1. The van der Waals surface area contributed by atoms with Crippen LogP contribution in [-0.2, 0) is 7.05 Å². The summed E-state index contributed by atoms with van der Waals surface area (Å²) in [4.78, 5) is 22.2. The first kappa shape index (κ1) is 14.1. The van der Waals surface area contributed by atoms with E-state index in [0.717, 1.165) is 23.3 Å². The number of nitrogens with one attached hydrogen (secondary N) is 2. The summed E-state index contributed by atoms with van der Waals surface area (Å²) >= 11 is 0. The molecule has 1 atom stereocenters. The zero-order chi connectivity index (χ0) is 15.7. The van der Waals surface area contributed by atoms with Crippen molar-refractivity contribution in [1.82, 2.24) is 19.5 Å². The third-order valence-electron chi connectivity index (χ3n) is 3.55. The van der Waals surface area contributed by atoms with Crippen LogP contribution in [0.15, 0.2) is 30.6 Å². The molecule has 0 radical (unpaired) electrons. The molecule has 8 heteroatoms. The lowest BCUT2D eigenvalue weighted by molar-refractivity contribution is -0.388. The van der Waals surface area contributed by atoms with Crippen molar-refractivity contribution in [3.63, 3.8) is 0 Å². The van der Waals surface area contributed by atoms with Gasteiger partial charge in [-0.2, -0.15) is 0 Å². The summed E-state index contributed by atoms with van der Waals surface area (Å²) in [5.41, 5.74) is 1.81. The summed E-state index contributed by atoms with van der Waals surface area (Å²) in [7, 11) is 1.72. The standard InChI is InChI=1S/C14H16N6O2/c1-3-9(12-16-10-6-4-5-7-11(10)17-12)18-14-13(20(21)22)15-8-19(14)2/h4-9,18H,3H2,1-2H3,(H,16,17)/t9-/m0/s1. The minimum Gasteiger partial charge on any atom is -0.358 e. The number of H-pyrrole nitrogens is 1. The zero-order valence-corrected chi connectivity index (χ0v) is 12.3. The summed E-state index contributed by atoms with van der Waals surface area (Å²) in [6.45, 7) is 1.99. The Morgan fingerprint density at radius 1 is 1.45 bits per heavy atom. The number of aromatic nitrogens is 4. The Morgan fingerprint density at radius 3 is 2.91 bits per heavy atom. The summed E-state index contributed by atoms with van der Waals surface area (Å²) in [5.74, 6) is 0.938. The number of fused-ring (bicyclic) bond motifs is 1. The molecule has 3 rings (SSSR count). The van der Waals surface area contributed by atoms with E-state index in [9.17, 15) is 10.1 Å². The van der Waals surface area contributed by atoms with E-state index in [-0.39, 0.29) is 11.9 Å². The second-order valence-electron chi connectivity index (χ2n) is 5.03. The predicted molar refractivity (Wildman–Crippen MR) is 82.6 cm³/mol. The molecular weight excluding hydrogens is 284 g/mol. The van der Waals surface area contributed by atoms with Crippen molar-refractivity contribution in [3.05, 3.63) is 46.5 Å². The first-order valence-electron chi connectivity index (χ1n) is 6.97. The summed E-state index contributed by atoms with van der Waals surface area (Å²) in [6.07, 6.45) is 2.15. The van der Waals surface area contributed by atoms with Crippen LogP contribution in [0.2, 0.25) is 0 Å². The highest BCUT2D eigenvalue weighted by atomic mass is 16.6. The van der Waals surface area contributed by atoms with Gasteiger partial charge in [0.1, 0.15) is 5.82 Å². The highest BCUT2D eigenvalue weighted by Crippen LogP contribution is 2.28. The molecule has 0 saturated heterocycles. The van der Waals surface area contributed by atoms with E-state index in [1.54, 1.807) is 11.6 Å². The average Bonchev–Trinajstić information content (AvgIpc) is 3.08. The first-order chi connectivity index (χ1) is 10.6. The van der Waals surface area contributed by atoms with Gasteiger partial charge in [0.2, 0.25) is 12.1 Å². The zero-order valence-electron chi connectivity index (χ0n) is 12.3. The van der Waals surface area contributed by atoms with Crippen molar-refractivity contribution in [2.75, 3.05) is 5.32 Å². The molecule has 0 aliphatic heterocycles. The van der Waals surface area contributed by atoms with Gasteiger partial charge in [0.05, 0.1) is 17.1 Å². The molecule has 0 aliphatic carbocycles. The van der Waals surface area contributed by atoms with Crippen molar-refractivity contribution in [2.24, 2.45) is 7.05 Å². The molecule has 8 nitrogen and oxygen atoms in total. The fraction of sp³-hybridized carbons (Fsp3) is 0.286. The minimum absolute atomic E-state index is 0.165. The highest BCUT2D eigenvalue weighted by molar-refractivity contribution is 5.75. The summed E-state index contributed by atoms with van der Waals surface area (Å²) in [5, 5.41) is 14.2. The second-order valence-corrected chi connectivity index (χ2v) is 5.03. The van der Waals surface area contributed by atoms with E-state index in [2.05, 4.69) is 20.3 Å². The van der Waals surface area contributed by atoms with Crippen LogP contribution in [0.25, 0.3) is 11.0 Å². The van der Waals surface area contributed by atoms with Crippen molar-refractivity contribution >= 4 is 22.7 Å². The number of para-hydroxylation sites is 2. The molecule has 0 spiro atoms. The molecule has 2 heterocycles. The number of aryl methyl sites for hydroxylation is 1. The normalized spacial score (nSPS) is 12.5. The van der Waals surface area contributed by atoms with Crippen LogP contribution in [0, 0.1) is 10.1 Å². The number of hydrogen-bond acceptors (Lipinski definition) is 5. The summed E-state index contributed by atoms with van der Waals surface area (Å²) in [6, 6.07) is 7.57. The quantitative estimate of drug-likeness (QED) is 0.557. The molecule has 114 valence electrons. The monoisotopic (exact) mass is 300 g/mol. The van der Waals surface area contributed by atoms with E-state index in [4.69, 9.17) is 0 Å². The van der Waals surface area contributed by atoms with Crippen LogP contribution in [0.3, 0.4) is 0 Å². The average molecular weight is 300 g/mol. The molecule has 0 aliphatic rings. The third-order valence-corrected chi connectivity index (χ3v) is 3.55. The van der Waals surface area contributed by atoms with E-state index in [1.165, 1.54) is 6.33 Å². The second kappa shape index (κ2) is 5.47. The Hall–Kier alpha value is -2.90. The molecule has 22 heavy (non-hydrogen) atoms. The molecule has 0 saturated carbocycles. The fourth-order valence-electron chi connectivity index (χ4n) is 2.38. The molecular formula is C14H16N6O2. The third kappa shape index (κ3) is 2.39. The molecule has 1 aromatic carbocycles. The number of imidazole rings is 2. The number of rotatable bonds is 5. The van der Waals surface area contributed by atoms with Crippen LogP contribution >= 0.6 is 0 Å². The van der Waals surface area contributed by atoms with Gasteiger partial charge < -0.3 is 20.4 Å². The molecule has 3 aromatic rings. The van der Waals surface area contributed by atoms with Gasteiger partial charge in [0.25, 0.3) is 0 Å². The van der Waals surface area contributed by atoms with Gasteiger partial charge >= 0.3 is 5.82 Å². The van der Waals surface area contributed by atoms with Crippen molar-refractivity contribution < 1.29 is 4.92 Å². The van der Waals surface area contributed by atoms with Gasteiger partial charge in [0.15, 0.2) is 0 Å². The molecule has 0 amide bonds. The van der Waals surface area contributed by atoms with E-state index in [1.807, 2.05) is 31.2 Å². The van der Waals surface area contributed by atoms with Gasteiger partial charge in [-0.15, -0.1) is 0 Å². The maximum absolute atomic E-state index is 11.0. The van der Waals surface area contributed by atoms with Crippen molar-refractivity contribution in [2.45, 2.75) is 19.4 Å². The number of benzene rings is 1. The predicted octanol–water partition coefficient (Wildman–Crippen LogP) is 2.77. The topological polar surface area (TPSA) is 102 Å². The van der Waals surface area contributed by atoms with Crippen LogP contribution < -0.4 is 5.32 Å². The van der Waals surface area contributed by atoms with Crippen LogP contribution in [0.5, 0.6) is 0 Å². The van der Waals surface area contributed by atoms with Crippen LogP contribution in [0.4, 0.5) is 11.6 Å². The molecule has 0 fully saturated rings. The maximum atomic E-state index is 11.0. The van der Waals surface area contributed by atoms with Gasteiger partial charge in [0, 0.05) is 7.05 Å². The summed E-state index contributed by atoms with van der Waals surface area (Å²) < 4.78 is 1.60. The number of hydrogen-bond donors (Lipinski definition) is 2. The van der Waals surface area contributed by atoms with Crippen LogP contribution in [-0.4, -0.2) is 24.4 Å². The number of aromatic amines is 1. The van der Waals surface area contributed by atoms with Gasteiger partial charge in [-0.3, -0.25) is 4.57 Å². The Balaban J connectivity index is 1.95. The lowest BCUT2D eigenvalue weighted by Gasteiger charge is -2.15. The number of nitro groups is 1. The highest BCUT2D eigenvalue weighted by Gasteiger charge is 2.24.